The molecule has 0 aliphatic carbocycles. The number of rotatable bonds is 2. The number of aliphatic hydroxyl groups excluding tert-OH is 1. The van der Waals surface area contributed by atoms with Crippen LogP contribution >= 0.6 is 11.6 Å². The van der Waals surface area contributed by atoms with Gasteiger partial charge < -0.3 is 5.11 Å². The highest BCUT2D eigenvalue weighted by atomic mass is 35.5. The smallest absolute Gasteiger partial charge is 0.127 e. The van der Waals surface area contributed by atoms with Gasteiger partial charge in [0.25, 0.3) is 0 Å². The first-order chi connectivity index (χ1) is 7.15. The van der Waals surface area contributed by atoms with Crippen molar-refractivity contribution in [3.05, 3.63) is 34.1 Å². The summed E-state index contributed by atoms with van der Waals surface area (Å²) in [6.45, 7) is 1.80. The second kappa shape index (κ2) is 5.75. The van der Waals surface area contributed by atoms with Gasteiger partial charge in [-0.3, -0.25) is 0 Å². The quantitative estimate of drug-likeness (QED) is 0.607. The third-order valence-electron chi connectivity index (χ3n) is 1.93. The van der Waals surface area contributed by atoms with E-state index in [0.717, 1.165) is 0 Å². The summed E-state index contributed by atoms with van der Waals surface area (Å²) < 4.78 is 13.0. The maximum absolute atomic E-state index is 13.0. The molecule has 15 heavy (non-hydrogen) atoms. The summed E-state index contributed by atoms with van der Waals surface area (Å²) in [5.41, 5.74) is 1.17. The van der Waals surface area contributed by atoms with E-state index < -0.39 is 0 Å². The molecule has 1 rings (SSSR count). The van der Waals surface area contributed by atoms with Crippen LogP contribution in [0.5, 0.6) is 0 Å². The zero-order valence-corrected chi connectivity index (χ0v) is 9.24. The fourth-order valence-electron chi connectivity index (χ4n) is 1.08. The molecule has 0 aliphatic rings. The fourth-order valence-corrected chi connectivity index (χ4v) is 1.28. The van der Waals surface area contributed by atoms with Crippen molar-refractivity contribution in [1.82, 2.24) is 0 Å². The molecule has 0 heterocycles. The van der Waals surface area contributed by atoms with E-state index in [-0.39, 0.29) is 12.4 Å². The van der Waals surface area contributed by atoms with Crippen LogP contribution < -0.4 is 0 Å². The molecular weight excluding hydrogens is 215 g/mol. The summed E-state index contributed by atoms with van der Waals surface area (Å²) in [6.07, 6.45) is 1.26. The van der Waals surface area contributed by atoms with Crippen molar-refractivity contribution in [2.24, 2.45) is 0 Å². The second-order valence-corrected chi connectivity index (χ2v) is 3.62. The molecule has 0 amide bonds. The number of aryl methyl sites for hydroxylation is 1. The number of benzene rings is 1. The highest BCUT2D eigenvalue weighted by Crippen LogP contribution is 2.19. The zero-order chi connectivity index (χ0) is 11.3. The average Bonchev–Trinajstić information content (AvgIpc) is 2.20. The van der Waals surface area contributed by atoms with E-state index >= 15 is 0 Å². The van der Waals surface area contributed by atoms with Gasteiger partial charge in [0.2, 0.25) is 0 Å². The first kappa shape index (κ1) is 12.0. The van der Waals surface area contributed by atoms with Gasteiger partial charge in [-0.05, 0) is 31.0 Å². The Bertz CT molecular complexity index is 404. The van der Waals surface area contributed by atoms with E-state index in [4.69, 9.17) is 16.7 Å². The van der Waals surface area contributed by atoms with Gasteiger partial charge in [-0.15, -0.1) is 0 Å². The van der Waals surface area contributed by atoms with Gasteiger partial charge in [0, 0.05) is 18.6 Å². The van der Waals surface area contributed by atoms with Crippen LogP contribution in [-0.4, -0.2) is 11.7 Å². The summed E-state index contributed by atoms with van der Waals surface area (Å²) in [4.78, 5) is 0. The lowest BCUT2D eigenvalue weighted by Crippen LogP contribution is -1.86. The molecular formula is C12H12ClFO. The topological polar surface area (TPSA) is 20.2 Å². The van der Waals surface area contributed by atoms with Gasteiger partial charge >= 0.3 is 0 Å². The molecule has 0 spiro atoms. The lowest BCUT2D eigenvalue weighted by Gasteiger charge is -1.99. The second-order valence-electron chi connectivity index (χ2n) is 3.21. The molecule has 3 heteroatoms. The number of aliphatic hydroxyl groups is 1. The van der Waals surface area contributed by atoms with Crippen LogP contribution in [0.3, 0.4) is 0 Å². The number of hydrogen-bond donors (Lipinski definition) is 1. The fraction of sp³-hybridized carbons (Fsp3) is 0.333. The molecule has 0 saturated carbocycles. The average molecular weight is 227 g/mol. The molecule has 0 bridgehead atoms. The van der Waals surface area contributed by atoms with E-state index in [9.17, 15) is 4.39 Å². The molecule has 0 aliphatic heterocycles. The van der Waals surface area contributed by atoms with Crippen molar-refractivity contribution < 1.29 is 9.50 Å². The van der Waals surface area contributed by atoms with Gasteiger partial charge in [-0.2, -0.15) is 0 Å². The third kappa shape index (κ3) is 3.54. The van der Waals surface area contributed by atoms with E-state index in [1.807, 2.05) is 0 Å². The monoisotopic (exact) mass is 226 g/mol. The maximum atomic E-state index is 13.0. The predicted octanol–water partition coefficient (Wildman–Crippen LogP) is 2.91. The normalized spacial score (nSPS) is 9.60. The van der Waals surface area contributed by atoms with Crippen molar-refractivity contribution in [3.63, 3.8) is 0 Å². The molecule has 1 aromatic rings. The van der Waals surface area contributed by atoms with Gasteiger partial charge in [0.1, 0.15) is 5.82 Å². The Labute approximate surface area is 93.9 Å². The van der Waals surface area contributed by atoms with E-state index in [0.29, 0.717) is 29.0 Å². The number of hydrogen-bond acceptors (Lipinski definition) is 1. The third-order valence-corrected chi connectivity index (χ3v) is 2.24. The highest BCUT2D eigenvalue weighted by Gasteiger charge is 2.02. The Morgan fingerprint density at radius 2 is 2.20 bits per heavy atom. The summed E-state index contributed by atoms with van der Waals surface area (Å²) in [5.74, 6) is 5.41. The molecule has 0 unspecified atom stereocenters. The van der Waals surface area contributed by atoms with Gasteiger partial charge in [0.15, 0.2) is 0 Å². The molecule has 0 radical (unpaired) electrons. The van der Waals surface area contributed by atoms with E-state index in [1.54, 1.807) is 13.0 Å². The lowest BCUT2D eigenvalue weighted by molar-refractivity contribution is 0.290. The first-order valence-corrected chi connectivity index (χ1v) is 5.08. The summed E-state index contributed by atoms with van der Waals surface area (Å²) >= 11 is 5.82. The largest absolute Gasteiger partial charge is 0.396 e. The lowest BCUT2D eigenvalue weighted by atomic mass is 10.1. The van der Waals surface area contributed by atoms with Crippen molar-refractivity contribution in [2.45, 2.75) is 19.8 Å². The molecule has 80 valence electrons. The SMILES string of the molecule is Cc1cc(C#CCCCO)c(Cl)cc1F. The first-order valence-electron chi connectivity index (χ1n) is 4.70. The number of unbranched alkanes of at least 4 members (excludes halogenated alkanes) is 1. The standard InChI is InChI=1S/C12H12ClFO/c1-9-7-10(5-3-2-4-6-15)11(13)8-12(9)14/h7-8,15H,2,4,6H2,1H3. The molecule has 0 fully saturated rings. The van der Waals surface area contributed by atoms with Gasteiger partial charge in [0.05, 0.1) is 5.02 Å². The summed E-state index contributed by atoms with van der Waals surface area (Å²) in [7, 11) is 0. The Balaban J connectivity index is 2.84. The molecule has 1 aromatic carbocycles. The molecule has 1 N–H and O–H groups in total. The van der Waals surface area contributed by atoms with Crippen LogP contribution in [0.25, 0.3) is 0 Å². The minimum absolute atomic E-state index is 0.130. The van der Waals surface area contributed by atoms with Gasteiger partial charge in [-0.1, -0.05) is 23.4 Å². The Morgan fingerprint density at radius 3 is 2.87 bits per heavy atom. The predicted molar refractivity (Wildman–Crippen MR) is 59.3 cm³/mol. The molecule has 0 aromatic heterocycles. The summed E-state index contributed by atoms with van der Waals surface area (Å²) in [5, 5.41) is 8.88. The minimum Gasteiger partial charge on any atom is -0.396 e. The van der Waals surface area contributed by atoms with Crippen LogP contribution in [0.2, 0.25) is 5.02 Å². The van der Waals surface area contributed by atoms with E-state index in [2.05, 4.69) is 11.8 Å². The molecule has 0 saturated heterocycles. The Hall–Kier alpha value is -1.04. The van der Waals surface area contributed by atoms with Crippen molar-refractivity contribution in [1.29, 1.82) is 0 Å². The van der Waals surface area contributed by atoms with Crippen LogP contribution in [0.4, 0.5) is 4.39 Å². The zero-order valence-electron chi connectivity index (χ0n) is 8.48. The molecule has 1 nitrogen and oxygen atoms in total. The van der Waals surface area contributed by atoms with Crippen LogP contribution in [0, 0.1) is 24.6 Å². The van der Waals surface area contributed by atoms with Crippen LogP contribution in [-0.2, 0) is 0 Å². The minimum atomic E-state index is -0.319. The number of halogens is 2. The maximum Gasteiger partial charge on any atom is 0.127 e. The van der Waals surface area contributed by atoms with E-state index in [1.165, 1.54) is 6.07 Å². The molecule has 0 atom stereocenters. The van der Waals surface area contributed by atoms with Crippen molar-refractivity contribution in [2.75, 3.05) is 6.61 Å². The van der Waals surface area contributed by atoms with Gasteiger partial charge in [-0.25, -0.2) is 4.39 Å². The highest BCUT2D eigenvalue weighted by molar-refractivity contribution is 6.31. The Kier molecular flexibility index (Phi) is 4.61. The summed E-state index contributed by atoms with van der Waals surface area (Å²) in [6, 6.07) is 2.90. The van der Waals surface area contributed by atoms with Crippen LogP contribution in [0.15, 0.2) is 12.1 Å². The van der Waals surface area contributed by atoms with Crippen LogP contribution in [0.1, 0.15) is 24.0 Å². The Morgan fingerprint density at radius 1 is 1.47 bits per heavy atom. The van der Waals surface area contributed by atoms with Crippen molar-refractivity contribution in [3.8, 4) is 11.8 Å². The van der Waals surface area contributed by atoms with Crippen molar-refractivity contribution >= 4 is 11.6 Å².